The van der Waals surface area contributed by atoms with Crippen LogP contribution in [-0.2, 0) is 16.1 Å². The second kappa shape index (κ2) is 10.8. The number of esters is 1. The molecule has 0 unspecified atom stereocenters. The summed E-state index contributed by atoms with van der Waals surface area (Å²) in [5.74, 6) is -1.26. The summed E-state index contributed by atoms with van der Waals surface area (Å²) in [6.45, 7) is -0.294. The van der Waals surface area contributed by atoms with Gasteiger partial charge >= 0.3 is 5.97 Å². The summed E-state index contributed by atoms with van der Waals surface area (Å²) >= 11 is 1.18. The number of rotatable bonds is 8. The summed E-state index contributed by atoms with van der Waals surface area (Å²) in [5, 5.41) is 2.75. The number of benzene rings is 2. The van der Waals surface area contributed by atoms with Crippen LogP contribution in [0.4, 0.5) is 10.1 Å². The third kappa shape index (κ3) is 5.82. The van der Waals surface area contributed by atoms with Gasteiger partial charge in [0.1, 0.15) is 16.5 Å². The predicted octanol–water partition coefficient (Wildman–Crippen LogP) is 4.90. The summed E-state index contributed by atoms with van der Waals surface area (Å²) in [5.41, 5.74) is 1.44. The number of furan rings is 1. The number of para-hydroxylation sites is 1. The number of carbonyl (C=O) groups is 3. The first kappa shape index (κ1) is 23.9. The number of carbonyl (C=O) groups excluding carboxylic acids is 3. The Kier molecular flexibility index (Phi) is 7.37. The molecule has 2 aromatic carbocycles. The van der Waals surface area contributed by atoms with Crippen LogP contribution in [0.1, 0.15) is 25.8 Å². The van der Waals surface area contributed by atoms with Crippen LogP contribution in [0, 0.1) is 5.82 Å². The Labute approximate surface area is 204 Å². The van der Waals surface area contributed by atoms with Crippen LogP contribution in [0.25, 0.3) is 10.4 Å². The summed E-state index contributed by atoms with van der Waals surface area (Å²) in [6, 6.07) is 19.4. The molecule has 2 amide bonds. The van der Waals surface area contributed by atoms with Gasteiger partial charge in [0.15, 0.2) is 6.61 Å². The van der Waals surface area contributed by atoms with Gasteiger partial charge < -0.3 is 19.4 Å². The van der Waals surface area contributed by atoms with Gasteiger partial charge in [0, 0.05) is 11.9 Å². The number of likely N-dealkylation sites (N-methyl/N-ethyl adjacent to an activating group) is 1. The van der Waals surface area contributed by atoms with Crippen LogP contribution in [0.5, 0.6) is 0 Å². The van der Waals surface area contributed by atoms with E-state index in [1.54, 1.807) is 60.7 Å². The van der Waals surface area contributed by atoms with Gasteiger partial charge in [-0.3, -0.25) is 9.59 Å². The zero-order chi connectivity index (χ0) is 24.8. The molecule has 0 radical (unpaired) electrons. The van der Waals surface area contributed by atoms with Crippen LogP contribution >= 0.6 is 11.3 Å². The van der Waals surface area contributed by atoms with Crippen LogP contribution in [0.15, 0.2) is 83.5 Å². The monoisotopic (exact) mass is 492 g/mol. The van der Waals surface area contributed by atoms with Gasteiger partial charge in [0.2, 0.25) is 0 Å². The molecule has 0 atom stereocenters. The highest BCUT2D eigenvalue weighted by atomic mass is 32.1. The lowest BCUT2D eigenvalue weighted by molar-refractivity contribution is -0.121. The normalized spacial score (nSPS) is 10.6. The number of amides is 2. The third-order valence-corrected chi connectivity index (χ3v) is 6.26. The van der Waals surface area contributed by atoms with Crippen LogP contribution in [-0.4, -0.2) is 31.4 Å². The number of hydrogen-bond donors (Lipinski definition) is 1. The quantitative estimate of drug-likeness (QED) is 0.354. The first-order chi connectivity index (χ1) is 16.9. The molecule has 0 saturated carbocycles. The molecule has 4 aromatic rings. The fourth-order valence-electron chi connectivity index (χ4n) is 3.28. The SMILES string of the molecule is CN(C(=O)COC(=O)c1ccc(-c2ccc(F)cc2)s1)c1ccccc1C(=O)NCc1ccco1. The van der Waals surface area contributed by atoms with E-state index in [0.29, 0.717) is 21.9 Å². The van der Waals surface area contributed by atoms with Gasteiger partial charge in [-0.2, -0.15) is 0 Å². The Morgan fingerprint density at radius 2 is 1.77 bits per heavy atom. The van der Waals surface area contributed by atoms with Crippen molar-refractivity contribution in [1.82, 2.24) is 5.32 Å². The molecule has 0 fully saturated rings. The first-order valence-corrected chi connectivity index (χ1v) is 11.4. The molecule has 0 saturated heterocycles. The molecule has 0 aliphatic heterocycles. The van der Waals surface area contributed by atoms with E-state index < -0.39 is 18.5 Å². The largest absolute Gasteiger partial charge is 0.467 e. The van der Waals surface area contributed by atoms with E-state index in [2.05, 4.69) is 5.32 Å². The van der Waals surface area contributed by atoms with E-state index >= 15 is 0 Å². The molecular weight excluding hydrogens is 471 g/mol. The topological polar surface area (TPSA) is 88.8 Å². The van der Waals surface area contributed by atoms with Gasteiger partial charge in [0.05, 0.1) is 24.1 Å². The van der Waals surface area contributed by atoms with Crippen molar-refractivity contribution < 1.29 is 27.9 Å². The van der Waals surface area contributed by atoms with Crippen molar-refractivity contribution >= 4 is 34.8 Å². The van der Waals surface area contributed by atoms with Gasteiger partial charge in [-0.05, 0) is 54.1 Å². The molecule has 1 N–H and O–H groups in total. The minimum absolute atomic E-state index is 0.205. The van der Waals surface area contributed by atoms with Gasteiger partial charge in [-0.25, -0.2) is 9.18 Å². The second-order valence-electron chi connectivity index (χ2n) is 7.48. The molecular formula is C26H21FN2O5S. The fraction of sp³-hybridized carbons (Fsp3) is 0.115. The minimum atomic E-state index is -0.644. The Balaban J connectivity index is 1.37. The highest BCUT2D eigenvalue weighted by molar-refractivity contribution is 7.17. The van der Waals surface area contributed by atoms with Crippen LogP contribution in [0.3, 0.4) is 0 Å². The summed E-state index contributed by atoms with van der Waals surface area (Å²) in [4.78, 5) is 40.2. The van der Waals surface area contributed by atoms with Gasteiger partial charge in [-0.1, -0.05) is 24.3 Å². The Morgan fingerprint density at radius 1 is 1.00 bits per heavy atom. The smallest absolute Gasteiger partial charge is 0.348 e. The lowest BCUT2D eigenvalue weighted by atomic mass is 10.1. The maximum absolute atomic E-state index is 13.1. The van der Waals surface area contributed by atoms with E-state index in [1.807, 2.05) is 0 Å². The predicted molar refractivity (Wildman–Crippen MR) is 130 cm³/mol. The Bertz CT molecular complexity index is 1330. The molecule has 2 heterocycles. The number of halogens is 1. The summed E-state index contributed by atoms with van der Waals surface area (Å²) < 4.78 is 23.6. The average Bonchev–Trinajstić information content (AvgIpc) is 3.58. The molecule has 178 valence electrons. The number of anilines is 1. The van der Waals surface area contributed by atoms with E-state index in [4.69, 9.17) is 9.15 Å². The zero-order valence-corrected chi connectivity index (χ0v) is 19.5. The molecule has 35 heavy (non-hydrogen) atoms. The third-order valence-electron chi connectivity index (χ3n) is 5.15. The van der Waals surface area contributed by atoms with Crippen molar-refractivity contribution in [3.05, 3.63) is 101 Å². The first-order valence-electron chi connectivity index (χ1n) is 10.6. The standard InChI is InChI=1S/C26H21FN2O5S/c1-29(21-7-3-2-6-20(21)25(31)28-15-19-5-4-14-33-19)24(30)16-34-26(32)23-13-12-22(35-23)17-8-10-18(27)11-9-17/h2-14H,15-16H2,1H3,(H,28,31). The van der Waals surface area contributed by atoms with E-state index in [9.17, 15) is 18.8 Å². The molecule has 7 nitrogen and oxygen atoms in total. The molecule has 0 spiro atoms. The van der Waals surface area contributed by atoms with Crippen molar-refractivity contribution in [3.8, 4) is 10.4 Å². The van der Waals surface area contributed by atoms with Crippen molar-refractivity contribution in [2.24, 2.45) is 0 Å². The Hall–Kier alpha value is -4.24. The number of nitrogens with zero attached hydrogens (tertiary/aromatic N) is 1. The van der Waals surface area contributed by atoms with E-state index in [-0.39, 0.29) is 18.3 Å². The molecule has 9 heteroatoms. The second-order valence-corrected chi connectivity index (χ2v) is 8.56. The Morgan fingerprint density at radius 3 is 2.51 bits per heavy atom. The van der Waals surface area contributed by atoms with Gasteiger partial charge in [-0.15, -0.1) is 11.3 Å². The van der Waals surface area contributed by atoms with Gasteiger partial charge in [0.25, 0.3) is 11.8 Å². The summed E-state index contributed by atoms with van der Waals surface area (Å²) in [6.07, 6.45) is 1.52. The number of ether oxygens (including phenoxy) is 1. The lowest BCUT2D eigenvalue weighted by Crippen LogP contribution is -2.33. The van der Waals surface area contributed by atoms with Crippen LogP contribution < -0.4 is 10.2 Å². The number of nitrogens with one attached hydrogen (secondary N) is 1. The maximum atomic E-state index is 13.1. The highest BCUT2D eigenvalue weighted by Crippen LogP contribution is 2.28. The van der Waals surface area contributed by atoms with Crippen molar-refractivity contribution in [3.63, 3.8) is 0 Å². The number of hydrogen-bond acceptors (Lipinski definition) is 6. The average molecular weight is 493 g/mol. The van der Waals surface area contributed by atoms with E-state index in [0.717, 1.165) is 10.4 Å². The minimum Gasteiger partial charge on any atom is -0.467 e. The maximum Gasteiger partial charge on any atom is 0.348 e. The van der Waals surface area contributed by atoms with Crippen molar-refractivity contribution in [2.45, 2.75) is 6.54 Å². The molecule has 0 bridgehead atoms. The summed E-state index contributed by atoms with van der Waals surface area (Å²) in [7, 11) is 1.51. The molecule has 2 aromatic heterocycles. The van der Waals surface area contributed by atoms with Crippen molar-refractivity contribution in [2.75, 3.05) is 18.6 Å². The zero-order valence-electron chi connectivity index (χ0n) is 18.7. The lowest BCUT2D eigenvalue weighted by Gasteiger charge is -2.20. The van der Waals surface area contributed by atoms with Crippen molar-refractivity contribution in [1.29, 1.82) is 0 Å². The van der Waals surface area contributed by atoms with Crippen LogP contribution in [0.2, 0.25) is 0 Å². The molecule has 4 rings (SSSR count). The van der Waals surface area contributed by atoms with E-state index in [1.165, 1.54) is 41.7 Å². The molecule has 0 aliphatic rings. The highest BCUT2D eigenvalue weighted by Gasteiger charge is 2.21. The fourth-order valence-corrected chi connectivity index (χ4v) is 4.19. The number of thiophene rings is 1. The molecule has 0 aliphatic carbocycles.